The summed E-state index contributed by atoms with van der Waals surface area (Å²) in [6.45, 7) is 4.22. The first-order chi connectivity index (χ1) is 8.99. The second-order valence-corrected chi connectivity index (χ2v) is 8.34. The SMILES string of the molecule is CC1CCS(=O)(=O)C2CC(C)c3ccccc3C2N1. The number of hydrogen-bond donors (Lipinski definition) is 1. The van der Waals surface area contributed by atoms with E-state index in [0.29, 0.717) is 18.1 Å². The Morgan fingerprint density at radius 1 is 1.16 bits per heavy atom. The summed E-state index contributed by atoms with van der Waals surface area (Å²) in [4.78, 5) is 0. The summed E-state index contributed by atoms with van der Waals surface area (Å²) in [5.74, 6) is 0.638. The summed E-state index contributed by atoms with van der Waals surface area (Å²) >= 11 is 0. The first kappa shape index (κ1) is 13.1. The molecule has 2 aliphatic rings. The maximum atomic E-state index is 12.5. The number of sulfone groups is 1. The monoisotopic (exact) mass is 279 g/mol. The van der Waals surface area contributed by atoms with Crippen molar-refractivity contribution in [1.82, 2.24) is 5.32 Å². The maximum Gasteiger partial charge on any atom is 0.155 e. The minimum atomic E-state index is -2.99. The zero-order chi connectivity index (χ0) is 13.6. The van der Waals surface area contributed by atoms with Crippen molar-refractivity contribution in [2.75, 3.05) is 5.75 Å². The van der Waals surface area contributed by atoms with Gasteiger partial charge < -0.3 is 5.32 Å². The lowest BCUT2D eigenvalue weighted by atomic mass is 9.80. The highest BCUT2D eigenvalue weighted by atomic mass is 32.2. The lowest BCUT2D eigenvalue weighted by molar-refractivity contribution is 0.399. The van der Waals surface area contributed by atoms with E-state index in [9.17, 15) is 8.42 Å². The Kier molecular flexibility index (Phi) is 3.18. The van der Waals surface area contributed by atoms with Crippen LogP contribution in [0.4, 0.5) is 0 Å². The van der Waals surface area contributed by atoms with Crippen LogP contribution in [0, 0.1) is 0 Å². The van der Waals surface area contributed by atoms with Crippen molar-refractivity contribution in [1.29, 1.82) is 0 Å². The highest BCUT2D eigenvalue weighted by molar-refractivity contribution is 7.92. The van der Waals surface area contributed by atoms with Crippen molar-refractivity contribution < 1.29 is 8.42 Å². The van der Waals surface area contributed by atoms with Gasteiger partial charge in [-0.2, -0.15) is 0 Å². The normalized spacial score (nSPS) is 36.9. The number of rotatable bonds is 0. The minimum absolute atomic E-state index is 0.0325. The van der Waals surface area contributed by atoms with E-state index >= 15 is 0 Å². The van der Waals surface area contributed by atoms with E-state index in [-0.39, 0.29) is 17.3 Å². The Labute approximate surface area is 115 Å². The van der Waals surface area contributed by atoms with Gasteiger partial charge in [0.1, 0.15) is 0 Å². The molecular weight excluding hydrogens is 258 g/mol. The molecule has 0 aromatic heterocycles. The molecule has 4 atom stereocenters. The lowest BCUT2D eigenvalue weighted by Crippen LogP contribution is -2.41. The van der Waals surface area contributed by atoms with Gasteiger partial charge in [-0.1, -0.05) is 31.2 Å². The van der Waals surface area contributed by atoms with Crippen molar-refractivity contribution >= 4 is 9.84 Å². The molecule has 0 spiro atoms. The molecule has 1 heterocycles. The second kappa shape index (κ2) is 4.60. The zero-order valence-electron chi connectivity index (χ0n) is 11.5. The third-order valence-electron chi connectivity index (χ3n) is 4.58. The van der Waals surface area contributed by atoms with Gasteiger partial charge in [-0.15, -0.1) is 0 Å². The minimum Gasteiger partial charge on any atom is -0.306 e. The predicted molar refractivity (Wildman–Crippen MR) is 77.0 cm³/mol. The number of benzene rings is 1. The molecule has 1 aromatic carbocycles. The fourth-order valence-corrected chi connectivity index (χ4v) is 5.69. The van der Waals surface area contributed by atoms with E-state index in [4.69, 9.17) is 0 Å². The molecule has 0 saturated carbocycles. The van der Waals surface area contributed by atoms with Crippen LogP contribution in [-0.2, 0) is 9.84 Å². The molecule has 1 fully saturated rings. The van der Waals surface area contributed by atoms with Crippen molar-refractivity contribution in [2.45, 2.75) is 49.9 Å². The Morgan fingerprint density at radius 2 is 1.84 bits per heavy atom. The quantitative estimate of drug-likeness (QED) is 0.793. The maximum absolute atomic E-state index is 12.5. The van der Waals surface area contributed by atoms with Gasteiger partial charge in [0.15, 0.2) is 9.84 Å². The molecule has 104 valence electrons. The van der Waals surface area contributed by atoms with Gasteiger partial charge in [0, 0.05) is 12.1 Å². The molecule has 1 aliphatic carbocycles. The van der Waals surface area contributed by atoms with E-state index in [2.05, 4.69) is 31.3 Å². The Bertz CT molecular complexity index is 582. The molecule has 1 aliphatic heterocycles. The van der Waals surface area contributed by atoms with E-state index < -0.39 is 9.84 Å². The largest absolute Gasteiger partial charge is 0.306 e. The average molecular weight is 279 g/mol. The molecule has 0 amide bonds. The van der Waals surface area contributed by atoms with Crippen LogP contribution in [0.3, 0.4) is 0 Å². The van der Waals surface area contributed by atoms with Gasteiger partial charge >= 0.3 is 0 Å². The third kappa shape index (κ3) is 2.21. The van der Waals surface area contributed by atoms with Crippen LogP contribution in [0.5, 0.6) is 0 Å². The average Bonchev–Trinajstić information content (AvgIpc) is 2.49. The summed E-state index contributed by atoms with van der Waals surface area (Å²) in [6.07, 6.45) is 1.45. The first-order valence-corrected chi connectivity index (χ1v) is 8.77. The summed E-state index contributed by atoms with van der Waals surface area (Å²) in [7, 11) is -2.99. The van der Waals surface area contributed by atoms with Gasteiger partial charge in [0.2, 0.25) is 0 Å². The smallest absolute Gasteiger partial charge is 0.155 e. The van der Waals surface area contributed by atoms with Crippen molar-refractivity contribution in [3.63, 3.8) is 0 Å². The molecule has 3 nitrogen and oxygen atoms in total. The number of nitrogens with one attached hydrogen (secondary N) is 1. The van der Waals surface area contributed by atoms with E-state index in [1.54, 1.807) is 0 Å². The molecule has 1 aromatic rings. The van der Waals surface area contributed by atoms with Crippen LogP contribution in [0.25, 0.3) is 0 Å². The summed E-state index contributed by atoms with van der Waals surface area (Å²) in [6, 6.07) is 8.51. The van der Waals surface area contributed by atoms with Crippen LogP contribution in [-0.4, -0.2) is 25.5 Å². The van der Waals surface area contributed by atoms with Gasteiger partial charge in [-0.25, -0.2) is 8.42 Å². The summed E-state index contributed by atoms with van der Waals surface area (Å²) in [5.41, 5.74) is 2.49. The number of fused-ring (bicyclic) bond motifs is 3. The standard InChI is InChI=1S/C15H21NO2S/c1-10-9-14-15(13-6-4-3-5-12(10)13)16-11(2)7-8-19(14,17)18/h3-6,10-11,14-16H,7-9H2,1-2H3. The molecule has 1 saturated heterocycles. The fourth-order valence-electron chi connectivity index (χ4n) is 3.49. The zero-order valence-corrected chi connectivity index (χ0v) is 12.3. The Morgan fingerprint density at radius 3 is 2.58 bits per heavy atom. The van der Waals surface area contributed by atoms with Gasteiger partial charge in [-0.05, 0) is 36.8 Å². The van der Waals surface area contributed by atoms with E-state index in [1.807, 2.05) is 12.1 Å². The predicted octanol–water partition coefficient (Wildman–Crippen LogP) is 2.40. The molecule has 0 bridgehead atoms. The molecule has 1 N–H and O–H groups in total. The Hall–Kier alpha value is -0.870. The lowest BCUT2D eigenvalue weighted by Gasteiger charge is -2.36. The van der Waals surface area contributed by atoms with Crippen molar-refractivity contribution in [2.24, 2.45) is 0 Å². The van der Waals surface area contributed by atoms with Crippen molar-refractivity contribution in [3.8, 4) is 0 Å². The topological polar surface area (TPSA) is 46.2 Å². The van der Waals surface area contributed by atoms with Gasteiger partial charge in [-0.3, -0.25) is 0 Å². The first-order valence-electron chi connectivity index (χ1n) is 7.05. The van der Waals surface area contributed by atoms with Crippen LogP contribution in [0.1, 0.15) is 49.8 Å². The summed E-state index contributed by atoms with van der Waals surface area (Å²) < 4.78 is 25.0. The van der Waals surface area contributed by atoms with Crippen molar-refractivity contribution in [3.05, 3.63) is 35.4 Å². The molecule has 0 radical (unpaired) electrons. The summed E-state index contributed by atoms with van der Waals surface area (Å²) in [5, 5.41) is 3.27. The number of hydrogen-bond acceptors (Lipinski definition) is 3. The van der Waals surface area contributed by atoms with Crippen LogP contribution in [0.15, 0.2) is 24.3 Å². The van der Waals surface area contributed by atoms with E-state index in [0.717, 1.165) is 6.42 Å². The second-order valence-electron chi connectivity index (χ2n) is 6.01. The molecular formula is C15H21NO2S. The van der Waals surface area contributed by atoms with Crippen LogP contribution >= 0.6 is 0 Å². The van der Waals surface area contributed by atoms with E-state index in [1.165, 1.54) is 11.1 Å². The van der Waals surface area contributed by atoms with Crippen LogP contribution in [0.2, 0.25) is 0 Å². The highest BCUT2D eigenvalue weighted by Crippen LogP contribution is 2.42. The van der Waals surface area contributed by atoms with Gasteiger partial charge in [0.25, 0.3) is 0 Å². The third-order valence-corrected chi connectivity index (χ3v) is 6.77. The highest BCUT2D eigenvalue weighted by Gasteiger charge is 2.42. The molecule has 3 rings (SSSR count). The van der Waals surface area contributed by atoms with Gasteiger partial charge in [0.05, 0.1) is 11.0 Å². The fraction of sp³-hybridized carbons (Fsp3) is 0.600. The molecule has 4 heteroatoms. The Balaban J connectivity index is 2.12. The molecule has 19 heavy (non-hydrogen) atoms. The van der Waals surface area contributed by atoms with Crippen LogP contribution < -0.4 is 5.32 Å². The molecule has 4 unspecified atom stereocenters.